The maximum Gasteiger partial charge on any atom is 0.250 e. The maximum atomic E-state index is 12.3. The van der Waals surface area contributed by atoms with Crippen molar-refractivity contribution in [1.29, 1.82) is 0 Å². The highest BCUT2D eigenvalue weighted by Crippen LogP contribution is 2.25. The number of hydrazone groups is 1. The number of benzene rings is 3. The molecule has 0 saturated carbocycles. The highest BCUT2D eigenvalue weighted by atomic mass is 35.5. The van der Waals surface area contributed by atoms with Crippen LogP contribution in [-0.4, -0.2) is 27.4 Å². The van der Waals surface area contributed by atoms with Crippen LogP contribution in [0.15, 0.2) is 83.1 Å². The molecule has 1 N–H and O–H groups in total. The van der Waals surface area contributed by atoms with Crippen LogP contribution in [0.4, 0.5) is 0 Å². The van der Waals surface area contributed by atoms with Gasteiger partial charge in [0.25, 0.3) is 5.91 Å². The summed E-state index contributed by atoms with van der Waals surface area (Å²) < 4.78 is 2.12. The number of nitrogens with zero attached hydrogens (tertiary/aromatic N) is 3. The molecule has 7 heteroatoms. The van der Waals surface area contributed by atoms with Gasteiger partial charge in [-0.2, -0.15) is 5.10 Å². The standard InChI is InChI=1S/C25H23ClN4OS/c1-2-18-7-9-19(10-8-18)15-27-29-24(31)17-32-25-28-22-5-3-4-6-23(22)30(25)16-20-11-13-21(26)14-12-20/h3-15H,2,16-17H2,1H3,(H,29,31)/b27-15+. The van der Waals surface area contributed by atoms with E-state index in [2.05, 4.69) is 34.2 Å². The molecule has 1 aromatic heterocycles. The molecule has 0 aliphatic carbocycles. The summed E-state index contributed by atoms with van der Waals surface area (Å²) in [5.41, 5.74) is 7.85. The number of para-hydroxylation sites is 2. The predicted molar refractivity (Wildman–Crippen MR) is 133 cm³/mol. The number of imidazole rings is 1. The van der Waals surface area contributed by atoms with Crippen LogP contribution in [0.25, 0.3) is 11.0 Å². The lowest BCUT2D eigenvalue weighted by Crippen LogP contribution is -2.20. The van der Waals surface area contributed by atoms with Crippen LogP contribution in [0.3, 0.4) is 0 Å². The zero-order chi connectivity index (χ0) is 22.3. The van der Waals surface area contributed by atoms with Gasteiger partial charge in [0.15, 0.2) is 5.16 Å². The number of hydrogen-bond donors (Lipinski definition) is 1. The van der Waals surface area contributed by atoms with Crippen molar-refractivity contribution >= 4 is 46.5 Å². The lowest BCUT2D eigenvalue weighted by Gasteiger charge is -2.09. The van der Waals surface area contributed by atoms with E-state index < -0.39 is 0 Å². The Hall–Kier alpha value is -3.09. The average molecular weight is 463 g/mol. The summed E-state index contributed by atoms with van der Waals surface area (Å²) in [7, 11) is 0. The molecule has 1 heterocycles. The number of thioether (sulfide) groups is 1. The summed E-state index contributed by atoms with van der Waals surface area (Å²) in [5.74, 6) is 0.0392. The number of carbonyl (C=O) groups is 1. The second-order valence-corrected chi connectivity index (χ2v) is 8.65. The second-order valence-electron chi connectivity index (χ2n) is 7.27. The second kappa shape index (κ2) is 10.5. The molecule has 1 amide bonds. The van der Waals surface area contributed by atoms with Gasteiger partial charge >= 0.3 is 0 Å². The Labute approximate surface area is 196 Å². The number of aryl methyl sites for hydroxylation is 1. The fourth-order valence-electron chi connectivity index (χ4n) is 3.27. The van der Waals surface area contributed by atoms with Gasteiger partial charge in [0.1, 0.15) is 0 Å². The molecule has 0 aliphatic heterocycles. The molecule has 162 valence electrons. The SMILES string of the molecule is CCc1ccc(/C=N/NC(=O)CSc2nc3ccccc3n2Cc2ccc(Cl)cc2)cc1. The molecule has 3 aromatic carbocycles. The molecule has 4 aromatic rings. The third kappa shape index (κ3) is 5.58. The lowest BCUT2D eigenvalue weighted by atomic mass is 10.1. The summed E-state index contributed by atoms with van der Waals surface area (Å²) in [6, 6.07) is 23.8. The number of carbonyl (C=O) groups excluding carboxylic acids is 1. The van der Waals surface area contributed by atoms with E-state index in [0.29, 0.717) is 11.6 Å². The van der Waals surface area contributed by atoms with Gasteiger partial charge in [0, 0.05) is 5.02 Å². The normalized spacial score (nSPS) is 11.3. The first-order valence-corrected chi connectivity index (χ1v) is 11.7. The Morgan fingerprint density at radius 3 is 2.53 bits per heavy atom. The van der Waals surface area contributed by atoms with Crippen molar-refractivity contribution in [3.05, 3.63) is 94.5 Å². The maximum absolute atomic E-state index is 12.3. The molecule has 5 nitrogen and oxygen atoms in total. The van der Waals surface area contributed by atoms with E-state index >= 15 is 0 Å². The molecule has 4 rings (SSSR count). The van der Waals surface area contributed by atoms with Crippen molar-refractivity contribution in [3.63, 3.8) is 0 Å². The molecule has 0 unspecified atom stereocenters. The van der Waals surface area contributed by atoms with Gasteiger partial charge in [-0.3, -0.25) is 4.79 Å². The first-order chi connectivity index (χ1) is 15.6. The van der Waals surface area contributed by atoms with Gasteiger partial charge in [-0.1, -0.05) is 78.8 Å². The van der Waals surface area contributed by atoms with Gasteiger partial charge in [-0.05, 0) is 47.4 Å². The fourth-order valence-corrected chi connectivity index (χ4v) is 4.20. The summed E-state index contributed by atoms with van der Waals surface area (Å²) in [5, 5.41) is 5.57. The summed E-state index contributed by atoms with van der Waals surface area (Å²) >= 11 is 7.41. The molecular formula is C25H23ClN4OS. The number of hydrogen-bond acceptors (Lipinski definition) is 4. The number of nitrogens with one attached hydrogen (secondary N) is 1. The molecule has 0 radical (unpaired) electrons. The predicted octanol–water partition coefficient (Wildman–Crippen LogP) is 5.54. The highest BCUT2D eigenvalue weighted by Gasteiger charge is 2.13. The lowest BCUT2D eigenvalue weighted by molar-refractivity contribution is -0.118. The largest absolute Gasteiger partial charge is 0.314 e. The topological polar surface area (TPSA) is 59.3 Å². The molecule has 32 heavy (non-hydrogen) atoms. The first kappa shape index (κ1) is 22.1. The Kier molecular flexibility index (Phi) is 7.24. The van der Waals surface area contributed by atoms with Gasteiger partial charge in [-0.15, -0.1) is 0 Å². The highest BCUT2D eigenvalue weighted by molar-refractivity contribution is 7.99. The summed E-state index contributed by atoms with van der Waals surface area (Å²) in [6.07, 6.45) is 2.64. The Balaban J connectivity index is 1.42. The third-order valence-electron chi connectivity index (χ3n) is 5.00. The van der Waals surface area contributed by atoms with Gasteiger partial charge in [0.2, 0.25) is 0 Å². The number of rotatable bonds is 8. The Bertz CT molecular complexity index is 1230. The van der Waals surface area contributed by atoms with Gasteiger partial charge in [-0.25, -0.2) is 10.4 Å². The van der Waals surface area contributed by atoms with Gasteiger partial charge in [0.05, 0.1) is 29.5 Å². The van der Waals surface area contributed by atoms with Crippen LogP contribution in [-0.2, 0) is 17.8 Å². The molecule has 0 aliphatic rings. The average Bonchev–Trinajstić information content (AvgIpc) is 3.17. The van der Waals surface area contributed by atoms with E-state index in [1.165, 1.54) is 17.3 Å². The van der Waals surface area contributed by atoms with Crippen LogP contribution in [0.2, 0.25) is 5.02 Å². The first-order valence-electron chi connectivity index (χ1n) is 10.4. The van der Waals surface area contributed by atoms with Crippen LogP contribution in [0, 0.1) is 0 Å². The van der Waals surface area contributed by atoms with E-state index in [1.807, 2.05) is 60.7 Å². The number of fused-ring (bicyclic) bond motifs is 1. The van der Waals surface area contributed by atoms with Crippen molar-refractivity contribution < 1.29 is 4.79 Å². The molecule has 0 saturated heterocycles. The van der Waals surface area contributed by atoms with E-state index in [9.17, 15) is 4.79 Å². The van der Waals surface area contributed by atoms with Crippen molar-refractivity contribution in [1.82, 2.24) is 15.0 Å². The third-order valence-corrected chi connectivity index (χ3v) is 6.23. The minimum atomic E-state index is -0.179. The van der Waals surface area contributed by atoms with Crippen LogP contribution < -0.4 is 5.43 Å². The van der Waals surface area contributed by atoms with Crippen molar-refractivity contribution in [3.8, 4) is 0 Å². The molecule has 0 spiro atoms. The van der Waals surface area contributed by atoms with E-state index in [0.717, 1.165) is 33.7 Å². The molecule has 0 fully saturated rings. The smallest absolute Gasteiger partial charge is 0.250 e. The fraction of sp³-hybridized carbons (Fsp3) is 0.160. The summed E-state index contributed by atoms with van der Waals surface area (Å²) in [6.45, 7) is 2.76. The van der Waals surface area contributed by atoms with Crippen molar-refractivity contribution in [2.24, 2.45) is 5.10 Å². The zero-order valence-corrected chi connectivity index (χ0v) is 19.2. The number of amides is 1. The van der Waals surface area contributed by atoms with Crippen LogP contribution in [0.5, 0.6) is 0 Å². The monoisotopic (exact) mass is 462 g/mol. The number of halogens is 1. The van der Waals surface area contributed by atoms with E-state index in [1.54, 1.807) is 6.21 Å². The van der Waals surface area contributed by atoms with Gasteiger partial charge < -0.3 is 4.57 Å². The molecule has 0 bridgehead atoms. The minimum absolute atomic E-state index is 0.179. The molecule has 0 atom stereocenters. The van der Waals surface area contributed by atoms with E-state index in [4.69, 9.17) is 16.6 Å². The Morgan fingerprint density at radius 2 is 1.78 bits per heavy atom. The quantitative estimate of drug-likeness (QED) is 0.212. The van der Waals surface area contributed by atoms with Crippen LogP contribution >= 0.6 is 23.4 Å². The molecular weight excluding hydrogens is 440 g/mol. The summed E-state index contributed by atoms with van der Waals surface area (Å²) in [4.78, 5) is 17.1. The minimum Gasteiger partial charge on any atom is -0.314 e. The van der Waals surface area contributed by atoms with Crippen molar-refractivity contribution in [2.45, 2.75) is 25.0 Å². The van der Waals surface area contributed by atoms with Crippen LogP contribution in [0.1, 0.15) is 23.6 Å². The number of aromatic nitrogens is 2. The van der Waals surface area contributed by atoms with E-state index in [-0.39, 0.29) is 11.7 Å². The Morgan fingerprint density at radius 1 is 1.06 bits per heavy atom. The zero-order valence-electron chi connectivity index (χ0n) is 17.7. The van der Waals surface area contributed by atoms with Crippen molar-refractivity contribution in [2.75, 3.05) is 5.75 Å².